The van der Waals surface area contributed by atoms with Crippen molar-refractivity contribution in [2.75, 3.05) is 6.61 Å². The fourth-order valence-electron chi connectivity index (χ4n) is 4.92. The van der Waals surface area contributed by atoms with Gasteiger partial charge in [0.15, 0.2) is 34.8 Å². The first-order valence-corrected chi connectivity index (χ1v) is 12.9. The summed E-state index contributed by atoms with van der Waals surface area (Å²) in [6.07, 6.45) is 7.42. The minimum Gasteiger partial charge on any atom is -0.490 e. The second kappa shape index (κ2) is 12.1. The Bertz CT molecular complexity index is 1320. The van der Waals surface area contributed by atoms with Gasteiger partial charge in [-0.15, -0.1) is 0 Å². The zero-order chi connectivity index (χ0) is 27.4. The van der Waals surface area contributed by atoms with Gasteiger partial charge in [0.2, 0.25) is 5.82 Å². The van der Waals surface area contributed by atoms with E-state index >= 15 is 0 Å². The molecule has 0 heterocycles. The van der Waals surface area contributed by atoms with Gasteiger partial charge in [-0.25, -0.2) is 22.0 Å². The summed E-state index contributed by atoms with van der Waals surface area (Å²) in [6.45, 7) is 3.68. The van der Waals surface area contributed by atoms with Crippen LogP contribution in [0.1, 0.15) is 68.1 Å². The van der Waals surface area contributed by atoms with Gasteiger partial charge in [-0.05, 0) is 74.1 Å². The van der Waals surface area contributed by atoms with Crippen LogP contribution in [-0.4, -0.2) is 6.61 Å². The van der Waals surface area contributed by atoms with Crippen LogP contribution in [-0.2, 0) is 0 Å². The Labute approximate surface area is 219 Å². The van der Waals surface area contributed by atoms with Crippen molar-refractivity contribution in [2.45, 2.75) is 58.3 Å². The summed E-state index contributed by atoms with van der Waals surface area (Å²) in [6, 6.07) is 8.14. The van der Waals surface area contributed by atoms with Gasteiger partial charge >= 0.3 is 0 Å². The van der Waals surface area contributed by atoms with Crippen LogP contribution >= 0.6 is 0 Å². The van der Waals surface area contributed by atoms with Gasteiger partial charge in [-0.1, -0.05) is 49.8 Å². The molecule has 1 saturated carbocycles. The molecule has 7 heteroatoms. The fraction of sp³-hybridized carbons (Fsp3) is 0.355. The van der Waals surface area contributed by atoms with Crippen molar-refractivity contribution in [1.82, 2.24) is 0 Å². The highest BCUT2D eigenvalue weighted by atomic mass is 19.2. The van der Waals surface area contributed by atoms with Crippen molar-refractivity contribution >= 4 is 6.08 Å². The van der Waals surface area contributed by atoms with Gasteiger partial charge in [0.1, 0.15) is 0 Å². The molecule has 0 atom stereocenters. The second-order valence-electron chi connectivity index (χ2n) is 9.84. The number of hydrogen-bond donors (Lipinski definition) is 0. The molecule has 1 fully saturated rings. The minimum atomic E-state index is -1.30. The highest BCUT2D eigenvalue weighted by Gasteiger charge is 2.25. The monoisotopic (exact) mass is 532 g/mol. The van der Waals surface area contributed by atoms with Crippen LogP contribution in [0, 0.1) is 47.7 Å². The predicted octanol–water partition coefficient (Wildman–Crippen LogP) is 9.66. The Morgan fingerprint density at radius 2 is 1.39 bits per heavy atom. The van der Waals surface area contributed by atoms with E-state index in [4.69, 9.17) is 4.74 Å². The Morgan fingerprint density at radius 1 is 0.737 bits per heavy atom. The lowest BCUT2D eigenvalue weighted by Crippen LogP contribution is -2.13. The zero-order valence-electron chi connectivity index (χ0n) is 21.4. The standard InChI is InChI=1S/C31H30F6O/c1-3-4-17-38-25-16-15-24(30(36)31(25)37)23-14-12-21(27(33)29(23)35)11-8-19-6-9-20(10-7-19)22-13-5-18(2)26(32)28(22)34/h5,8,11-16,19-20H,3-4,6-7,9-10,17H2,1-2H3/b11-8+. The van der Waals surface area contributed by atoms with E-state index in [9.17, 15) is 26.3 Å². The smallest absolute Gasteiger partial charge is 0.201 e. The SMILES string of the molecule is CCCCOc1ccc(-c2ccc(/C=C/C3CCC(c4ccc(C)c(F)c4F)CC3)c(F)c2F)c(F)c1F. The van der Waals surface area contributed by atoms with E-state index in [-0.39, 0.29) is 40.9 Å². The molecular weight excluding hydrogens is 502 g/mol. The molecule has 1 aliphatic rings. The average molecular weight is 533 g/mol. The van der Waals surface area contributed by atoms with E-state index in [1.807, 2.05) is 6.92 Å². The highest BCUT2D eigenvalue weighted by molar-refractivity contribution is 5.68. The summed E-state index contributed by atoms with van der Waals surface area (Å²) < 4.78 is 92.5. The lowest BCUT2D eigenvalue weighted by molar-refractivity contribution is 0.289. The molecule has 0 aromatic heterocycles. The second-order valence-corrected chi connectivity index (χ2v) is 9.84. The molecule has 0 N–H and O–H groups in total. The average Bonchev–Trinajstić information content (AvgIpc) is 2.92. The Hall–Kier alpha value is -3.22. The van der Waals surface area contributed by atoms with E-state index in [1.165, 1.54) is 37.3 Å². The first kappa shape index (κ1) is 27.8. The summed E-state index contributed by atoms with van der Waals surface area (Å²) >= 11 is 0. The van der Waals surface area contributed by atoms with Crippen LogP contribution in [0.25, 0.3) is 17.2 Å². The molecule has 0 aliphatic heterocycles. The van der Waals surface area contributed by atoms with Gasteiger partial charge in [0, 0.05) is 16.7 Å². The van der Waals surface area contributed by atoms with Crippen LogP contribution in [0.2, 0.25) is 0 Å². The van der Waals surface area contributed by atoms with Crippen molar-refractivity contribution in [3.63, 3.8) is 0 Å². The lowest BCUT2D eigenvalue weighted by atomic mass is 9.78. The van der Waals surface area contributed by atoms with Crippen LogP contribution in [0.5, 0.6) is 5.75 Å². The molecule has 0 radical (unpaired) electrons. The molecule has 3 aromatic carbocycles. The van der Waals surface area contributed by atoms with Gasteiger partial charge < -0.3 is 4.74 Å². The summed E-state index contributed by atoms with van der Waals surface area (Å²) in [7, 11) is 0. The molecular formula is C31H30F6O. The van der Waals surface area contributed by atoms with E-state index in [2.05, 4.69) is 0 Å². The predicted molar refractivity (Wildman–Crippen MR) is 137 cm³/mol. The van der Waals surface area contributed by atoms with Gasteiger partial charge in [-0.2, -0.15) is 4.39 Å². The van der Waals surface area contributed by atoms with Crippen molar-refractivity contribution < 1.29 is 31.1 Å². The molecule has 1 aliphatic carbocycles. The van der Waals surface area contributed by atoms with Crippen LogP contribution in [0.3, 0.4) is 0 Å². The number of halogens is 6. The zero-order valence-corrected chi connectivity index (χ0v) is 21.4. The summed E-state index contributed by atoms with van der Waals surface area (Å²) in [5.41, 5.74) is -0.146. The van der Waals surface area contributed by atoms with Gasteiger partial charge in [0.25, 0.3) is 0 Å². The van der Waals surface area contributed by atoms with Crippen LogP contribution in [0.4, 0.5) is 26.3 Å². The first-order chi connectivity index (χ1) is 18.2. The van der Waals surface area contributed by atoms with Crippen molar-refractivity contribution in [1.29, 1.82) is 0 Å². The number of hydrogen-bond acceptors (Lipinski definition) is 1. The molecule has 1 nitrogen and oxygen atoms in total. The molecule has 38 heavy (non-hydrogen) atoms. The molecule has 0 amide bonds. The Balaban J connectivity index is 1.45. The van der Waals surface area contributed by atoms with E-state index in [1.54, 1.807) is 18.2 Å². The minimum absolute atomic E-state index is 0.0135. The highest BCUT2D eigenvalue weighted by Crippen LogP contribution is 2.39. The summed E-state index contributed by atoms with van der Waals surface area (Å²) in [5, 5.41) is 0. The number of ether oxygens (including phenoxy) is 1. The van der Waals surface area contributed by atoms with Gasteiger partial charge in [0.05, 0.1) is 6.61 Å². The molecule has 0 saturated heterocycles. The number of unbranched alkanes of at least 4 members (excludes halogenated alkanes) is 1. The maximum absolute atomic E-state index is 14.9. The quantitative estimate of drug-likeness (QED) is 0.207. The van der Waals surface area contributed by atoms with Crippen molar-refractivity contribution in [2.24, 2.45) is 5.92 Å². The fourth-order valence-corrected chi connectivity index (χ4v) is 4.92. The molecule has 202 valence electrons. The van der Waals surface area contributed by atoms with Crippen molar-refractivity contribution in [3.05, 3.63) is 94.1 Å². The van der Waals surface area contributed by atoms with E-state index in [0.717, 1.165) is 6.42 Å². The maximum Gasteiger partial charge on any atom is 0.201 e. The van der Waals surface area contributed by atoms with Crippen molar-refractivity contribution in [3.8, 4) is 16.9 Å². The normalized spacial score (nSPS) is 17.8. The maximum atomic E-state index is 14.9. The lowest BCUT2D eigenvalue weighted by Gasteiger charge is -2.27. The molecule has 0 spiro atoms. The largest absolute Gasteiger partial charge is 0.490 e. The number of rotatable bonds is 8. The van der Waals surface area contributed by atoms with Crippen LogP contribution in [0.15, 0.2) is 42.5 Å². The van der Waals surface area contributed by atoms with Gasteiger partial charge in [-0.3, -0.25) is 0 Å². The molecule has 0 unspecified atom stereocenters. The third-order valence-electron chi connectivity index (χ3n) is 7.27. The number of benzene rings is 3. The third kappa shape index (κ3) is 5.77. The van der Waals surface area contributed by atoms with E-state index < -0.39 is 40.5 Å². The topological polar surface area (TPSA) is 9.23 Å². The third-order valence-corrected chi connectivity index (χ3v) is 7.27. The van der Waals surface area contributed by atoms with Crippen LogP contribution < -0.4 is 4.74 Å². The molecule has 3 aromatic rings. The summed E-state index contributed by atoms with van der Waals surface area (Å²) in [4.78, 5) is 0. The summed E-state index contributed by atoms with van der Waals surface area (Å²) in [5.74, 6) is -6.89. The Kier molecular flexibility index (Phi) is 8.85. The van der Waals surface area contributed by atoms with E-state index in [0.29, 0.717) is 37.7 Å². The number of aryl methyl sites for hydroxylation is 1. The number of allylic oxidation sites excluding steroid dienone is 1. The Morgan fingerprint density at radius 3 is 2.08 bits per heavy atom. The molecule has 4 rings (SSSR count). The first-order valence-electron chi connectivity index (χ1n) is 12.9. The molecule has 0 bridgehead atoms.